The maximum absolute atomic E-state index is 11.7. The number of benzene rings is 1. The molecule has 0 aromatic heterocycles. The van der Waals surface area contributed by atoms with Gasteiger partial charge in [0.2, 0.25) is 0 Å². The van der Waals surface area contributed by atoms with Gasteiger partial charge in [0, 0.05) is 6.54 Å². The number of hydrogen-bond donors (Lipinski definition) is 4. The third-order valence-electron chi connectivity index (χ3n) is 2.66. The van der Waals surface area contributed by atoms with Crippen molar-refractivity contribution in [3.63, 3.8) is 0 Å². The molecule has 5 nitrogen and oxygen atoms in total. The van der Waals surface area contributed by atoms with Crippen LogP contribution in [-0.2, 0) is 0 Å². The van der Waals surface area contributed by atoms with Gasteiger partial charge in [-0.05, 0) is 31.5 Å². The Morgan fingerprint density at radius 3 is 2.33 bits per heavy atom. The SMILES string of the molecule is NCCCCCCNC(=O)c1c(O)cccc1O. The number of carbonyl (C=O) groups is 1. The van der Waals surface area contributed by atoms with Crippen molar-refractivity contribution in [2.75, 3.05) is 13.1 Å². The molecule has 0 saturated carbocycles. The summed E-state index contributed by atoms with van der Waals surface area (Å²) < 4.78 is 0. The van der Waals surface area contributed by atoms with Crippen LogP contribution in [0.5, 0.6) is 11.5 Å². The smallest absolute Gasteiger partial charge is 0.258 e. The molecule has 1 aromatic carbocycles. The van der Waals surface area contributed by atoms with Gasteiger partial charge in [-0.15, -0.1) is 0 Å². The molecule has 0 bridgehead atoms. The fraction of sp³-hybridized carbons (Fsp3) is 0.462. The highest BCUT2D eigenvalue weighted by Gasteiger charge is 2.14. The van der Waals surface area contributed by atoms with Gasteiger partial charge in [-0.25, -0.2) is 0 Å². The minimum atomic E-state index is -0.454. The predicted molar refractivity (Wildman–Crippen MR) is 69.6 cm³/mol. The summed E-state index contributed by atoms with van der Waals surface area (Å²) in [7, 11) is 0. The minimum absolute atomic E-state index is 0.0699. The molecule has 0 atom stereocenters. The summed E-state index contributed by atoms with van der Waals surface area (Å²) >= 11 is 0. The minimum Gasteiger partial charge on any atom is -0.507 e. The molecule has 0 fully saturated rings. The molecule has 1 rings (SSSR count). The topological polar surface area (TPSA) is 95.6 Å². The molecule has 0 spiro atoms. The quantitative estimate of drug-likeness (QED) is 0.551. The van der Waals surface area contributed by atoms with Crippen LogP contribution in [0.1, 0.15) is 36.0 Å². The molecule has 1 amide bonds. The van der Waals surface area contributed by atoms with Crippen LogP contribution in [0.4, 0.5) is 0 Å². The summed E-state index contributed by atoms with van der Waals surface area (Å²) in [4.78, 5) is 11.7. The Morgan fingerprint density at radius 1 is 1.11 bits per heavy atom. The second kappa shape index (κ2) is 7.55. The van der Waals surface area contributed by atoms with E-state index >= 15 is 0 Å². The van der Waals surface area contributed by atoms with Gasteiger partial charge < -0.3 is 21.3 Å². The molecule has 100 valence electrons. The van der Waals surface area contributed by atoms with E-state index in [4.69, 9.17) is 5.73 Å². The third kappa shape index (κ3) is 4.25. The molecule has 0 heterocycles. The maximum atomic E-state index is 11.7. The Hall–Kier alpha value is -1.75. The van der Waals surface area contributed by atoms with Gasteiger partial charge in [0.25, 0.3) is 5.91 Å². The number of amides is 1. The first-order chi connectivity index (χ1) is 8.66. The zero-order chi connectivity index (χ0) is 13.4. The number of unbranched alkanes of at least 4 members (excludes halogenated alkanes) is 3. The first kappa shape index (κ1) is 14.3. The Morgan fingerprint density at radius 2 is 1.72 bits per heavy atom. The lowest BCUT2D eigenvalue weighted by Gasteiger charge is -2.08. The number of hydrogen-bond acceptors (Lipinski definition) is 4. The van der Waals surface area contributed by atoms with Crippen LogP contribution in [0.2, 0.25) is 0 Å². The van der Waals surface area contributed by atoms with E-state index in [2.05, 4.69) is 5.32 Å². The van der Waals surface area contributed by atoms with Crippen LogP contribution in [0.3, 0.4) is 0 Å². The molecule has 1 aromatic rings. The molecule has 0 aliphatic heterocycles. The normalized spacial score (nSPS) is 10.3. The largest absolute Gasteiger partial charge is 0.507 e. The average molecular weight is 252 g/mol. The van der Waals surface area contributed by atoms with Gasteiger partial charge in [-0.1, -0.05) is 18.9 Å². The highest BCUT2D eigenvalue weighted by Crippen LogP contribution is 2.25. The van der Waals surface area contributed by atoms with Crippen LogP contribution in [0, 0.1) is 0 Å². The molecule has 0 saturated heterocycles. The number of phenolic OH excluding ortho intramolecular Hbond substituents is 2. The van der Waals surface area contributed by atoms with Crippen molar-refractivity contribution in [1.82, 2.24) is 5.32 Å². The van der Waals surface area contributed by atoms with E-state index in [1.165, 1.54) is 18.2 Å². The lowest BCUT2D eigenvalue weighted by Crippen LogP contribution is -2.24. The number of nitrogens with one attached hydrogen (secondary N) is 1. The molecule has 18 heavy (non-hydrogen) atoms. The molecule has 0 unspecified atom stereocenters. The molecule has 0 aliphatic rings. The van der Waals surface area contributed by atoms with Crippen LogP contribution in [0.25, 0.3) is 0 Å². The number of rotatable bonds is 7. The van der Waals surface area contributed by atoms with Gasteiger partial charge in [0.05, 0.1) is 0 Å². The van der Waals surface area contributed by atoms with E-state index in [0.717, 1.165) is 25.7 Å². The van der Waals surface area contributed by atoms with Gasteiger partial charge in [0.1, 0.15) is 17.1 Å². The lowest BCUT2D eigenvalue weighted by molar-refractivity contribution is 0.0947. The first-order valence-corrected chi connectivity index (χ1v) is 6.16. The summed E-state index contributed by atoms with van der Waals surface area (Å²) in [5, 5.41) is 21.7. The summed E-state index contributed by atoms with van der Waals surface area (Å²) in [6.45, 7) is 1.22. The summed E-state index contributed by atoms with van der Waals surface area (Å²) in [6, 6.07) is 4.22. The Balaban J connectivity index is 2.37. The zero-order valence-electron chi connectivity index (χ0n) is 10.4. The number of carbonyl (C=O) groups excluding carboxylic acids is 1. The van der Waals surface area contributed by atoms with E-state index in [-0.39, 0.29) is 17.1 Å². The van der Waals surface area contributed by atoms with Gasteiger partial charge >= 0.3 is 0 Å². The van der Waals surface area contributed by atoms with Crippen molar-refractivity contribution >= 4 is 5.91 Å². The molecular formula is C13H20N2O3. The number of aromatic hydroxyl groups is 2. The van der Waals surface area contributed by atoms with E-state index in [1.54, 1.807) is 0 Å². The number of nitrogens with two attached hydrogens (primary N) is 1. The average Bonchev–Trinajstić information content (AvgIpc) is 2.33. The highest BCUT2D eigenvalue weighted by molar-refractivity contribution is 5.99. The van der Waals surface area contributed by atoms with E-state index in [9.17, 15) is 15.0 Å². The van der Waals surface area contributed by atoms with Gasteiger partial charge in [-0.3, -0.25) is 4.79 Å². The van der Waals surface area contributed by atoms with Gasteiger partial charge in [-0.2, -0.15) is 0 Å². The standard InChI is InChI=1S/C13H20N2O3/c14-8-3-1-2-4-9-15-13(18)12-10(16)6-5-7-11(12)17/h5-7,16-17H,1-4,8-9,14H2,(H,15,18). The fourth-order valence-corrected chi connectivity index (χ4v) is 1.67. The number of phenols is 2. The first-order valence-electron chi connectivity index (χ1n) is 6.16. The Bertz CT molecular complexity index is 374. The monoisotopic (exact) mass is 252 g/mol. The summed E-state index contributed by atoms with van der Waals surface area (Å²) in [5.74, 6) is -0.879. The fourth-order valence-electron chi connectivity index (χ4n) is 1.67. The van der Waals surface area contributed by atoms with Crippen molar-refractivity contribution in [3.8, 4) is 11.5 Å². The van der Waals surface area contributed by atoms with E-state index in [1.807, 2.05) is 0 Å². The molecule has 0 aliphatic carbocycles. The van der Waals surface area contributed by atoms with Crippen molar-refractivity contribution in [1.29, 1.82) is 0 Å². The van der Waals surface area contributed by atoms with Crippen molar-refractivity contribution in [2.24, 2.45) is 5.73 Å². The Labute approximate surface area is 107 Å². The zero-order valence-corrected chi connectivity index (χ0v) is 10.4. The molecule has 5 N–H and O–H groups in total. The lowest BCUT2D eigenvalue weighted by atomic mass is 10.1. The van der Waals surface area contributed by atoms with Crippen molar-refractivity contribution in [2.45, 2.75) is 25.7 Å². The van der Waals surface area contributed by atoms with Gasteiger partial charge in [0.15, 0.2) is 0 Å². The third-order valence-corrected chi connectivity index (χ3v) is 2.66. The second-order valence-corrected chi connectivity index (χ2v) is 4.13. The Kier molecular flexibility index (Phi) is 6.00. The molecule has 0 radical (unpaired) electrons. The van der Waals surface area contributed by atoms with E-state index < -0.39 is 5.91 Å². The van der Waals surface area contributed by atoms with Crippen LogP contribution in [0.15, 0.2) is 18.2 Å². The van der Waals surface area contributed by atoms with Crippen LogP contribution in [-0.4, -0.2) is 29.2 Å². The van der Waals surface area contributed by atoms with Crippen LogP contribution >= 0.6 is 0 Å². The predicted octanol–water partition coefficient (Wildman–Crippen LogP) is 1.35. The highest BCUT2D eigenvalue weighted by atomic mass is 16.3. The van der Waals surface area contributed by atoms with E-state index in [0.29, 0.717) is 13.1 Å². The van der Waals surface area contributed by atoms with Crippen molar-refractivity contribution < 1.29 is 15.0 Å². The maximum Gasteiger partial charge on any atom is 0.258 e. The summed E-state index contributed by atoms with van der Waals surface area (Å²) in [5.41, 5.74) is 5.31. The van der Waals surface area contributed by atoms with Crippen LogP contribution < -0.4 is 11.1 Å². The molecular weight excluding hydrogens is 232 g/mol. The van der Waals surface area contributed by atoms with Crippen molar-refractivity contribution in [3.05, 3.63) is 23.8 Å². The molecule has 5 heteroatoms. The second-order valence-electron chi connectivity index (χ2n) is 4.13. The summed E-state index contributed by atoms with van der Waals surface area (Å²) in [6.07, 6.45) is 3.91.